The molecule has 0 aliphatic carbocycles. The number of morpholine rings is 1. The van der Waals surface area contributed by atoms with Gasteiger partial charge in [-0.05, 0) is 31.0 Å². The maximum Gasteiger partial charge on any atom is 0.244 e. The van der Waals surface area contributed by atoms with Gasteiger partial charge in [0.2, 0.25) is 5.91 Å². The van der Waals surface area contributed by atoms with Crippen LogP contribution in [-0.2, 0) is 9.53 Å². The SMILES string of the molecule is CCC(C#N)(CC)C(=O)Nc1ccc(F)c(N2CCOCC2)c1. The van der Waals surface area contributed by atoms with E-state index in [9.17, 15) is 14.4 Å². The van der Waals surface area contributed by atoms with Gasteiger partial charge in [0, 0.05) is 18.8 Å². The van der Waals surface area contributed by atoms with Crippen LogP contribution in [0.5, 0.6) is 0 Å². The lowest BCUT2D eigenvalue weighted by molar-refractivity contribution is -0.123. The second kappa shape index (κ2) is 7.42. The maximum absolute atomic E-state index is 14.1. The smallest absolute Gasteiger partial charge is 0.244 e. The van der Waals surface area contributed by atoms with E-state index in [-0.39, 0.29) is 11.7 Å². The normalized spacial score (nSPS) is 15.1. The number of amides is 1. The topological polar surface area (TPSA) is 65.4 Å². The highest BCUT2D eigenvalue weighted by Gasteiger charge is 2.35. The third-order valence-corrected chi connectivity index (χ3v) is 4.41. The Hall–Kier alpha value is -2.13. The van der Waals surface area contributed by atoms with E-state index in [0.29, 0.717) is 50.5 Å². The van der Waals surface area contributed by atoms with Gasteiger partial charge in [-0.25, -0.2) is 4.39 Å². The number of carbonyl (C=O) groups is 1. The monoisotopic (exact) mass is 319 g/mol. The summed E-state index contributed by atoms with van der Waals surface area (Å²) < 4.78 is 19.4. The number of hydrogen-bond acceptors (Lipinski definition) is 4. The standard InChI is InChI=1S/C17H22FN3O2/c1-3-17(4-2,12-19)16(22)20-13-5-6-14(18)15(11-13)21-7-9-23-10-8-21/h5-6,11H,3-4,7-10H2,1-2H3,(H,20,22). The predicted octanol–water partition coefficient (Wildman–Crippen LogP) is 2.93. The Labute approximate surface area is 136 Å². The highest BCUT2D eigenvalue weighted by Crippen LogP contribution is 2.29. The van der Waals surface area contributed by atoms with Crippen molar-refractivity contribution in [1.82, 2.24) is 0 Å². The third kappa shape index (κ3) is 3.62. The first-order valence-electron chi connectivity index (χ1n) is 7.91. The fourth-order valence-electron chi connectivity index (χ4n) is 2.67. The van der Waals surface area contributed by atoms with E-state index in [2.05, 4.69) is 11.4 Å². The number of carbonyl (C=O) groups excluding carboxylic acids is 1. The molecular weight excluding hydrogens is 297 g/mol. The molecule has 23 heavy (non-hydrogen) atoms. The Morgan fingerprint density at radius 2 is 2.04 bits per heavy atom. The van der Waals surface area contributed by atoms with E-state index in [1.54, 1.807) is 6.07 Å². The van der Waals surface area contributed by atoms with E-state index < -0.39 is 5.41 Å². The predicted molar refractivity (Wildman–Crippen MR) is 86.7 cm³/mol. The second-order valence-electron chi connectivity index (χ2n) is 5.62. The van der Waals surface area contributed by atoms with Gasteiger partial charge in [0.1, 0.15) is 11.2 Å². The molecule has 1 aromatic carbocycles. The van der Waals surface area contributed by atoms with Crippen LogP contribution in [0.25, 0.3) is 0 Å². The van der Waals surface area contributed by atoms with E-state index in [0.717, 1.165) is 0 Å². The molecule has 0 aromatic heterocycles. The van der Waals surface area contributed by atoms with Crippen LogP contribution < -0.4 is 10.2 Å². The van der Waals surface area contributed by atoms with Gasteiger partial charge < -0.3 is 15.0 Å². The summed E-state index contributed by atoms with van der Waals surface area (Å²) in [7, 11) is 0. The summed E-state index contributed by atoms with van der Waals surface area (Å²) in [5, 5.41) is 12.1. The number of nitriles is 1. The minimum absolute atomic E-state index is 0.331. The van der Waals surface area contributed by atoms with E-state index in [4.69, 9.17) is 4.74 Å². The third-order valence-electron chi connectivity index (χ3n) is 4.41. The van der Waals surface area contributed by atoms with Gasteiger partial charge in [0.25, 0.3) is 0 Å². The van der Waals surface area contributed by atoms with Crippen molar-refractivity contribution in [3.63, 3.8) is 0 Å². The fourth-order valence-corrected chi connectivity index (χ4v) is 2.67. The number of rotatable bonds is 5. The van der Waals surface area contributed by atoms with Crippen molar-refractivity contribution in [2.45, 2.75) is 26.7 Å². The Morgan fingerprint density at radius 3 is 2.61 bits per heavy atom. The molecule has 1 heterocycles. The zero-order valence-electron chi connectivity index (χ0n) is 13.6. The van der Waals surface area contributed by atoms with Crippen molar-refractivity contribution >= 4 is 17.3 Å². The molecule has 1 aliphatic rings. The average Bonchev–Trinajstić information content (AvgIpc) is 2.59. The van der Waals surface area contributed by atoms with E-state index >= 15 is 0 Å². The van der Waals surface area contributed by atoms with Gasteiger partial charge in [0.15, 0.2) is 0 Å². The number of benzene rings is 1. The van der Waals surface area contributed by atoms with Gasteiger partial charge in [-0.1, -0.05) is 13.8 Å². The molecule has 5 nitrogen and oxygen atoms in total. The number of nitrogens with one attached hydrogen (secondary N) is 1. The van der Waals surface area contributed by atoms with Crippen molar-refractivity contribution in [2.24, 2.45) is 5.41 Å². The minimum atomic E-state index is -1.05. The molecule has 0 radical (unpaired) electrons. The van der Waals surface area contributed by atoms with Gasteiger partial charge in [-0.3, -0.25) is 4.79 Å². The molecule has 1 fully saturated rings. The van der Waals surface area contributed by atoms with Gasteiger partial charge >= 0.3 is 0 Å². The van der Waals surface area contributed by atoms with Gasteiger partial charge in [-0.2, -0.15) is 5.26 Å². The van der Waals surface area contributed by atoms with E-state index in [1.165, 1.54) is 12.1 Å². The van der Waals surface area contributed by atoms with Crippen LogP contribution in [0, 0.1) is 22.6 Å². The Morgan fingerprint density at radius 1 is 1.39 bits per heavy atom. The summed E-state index contributed by atoms with van der Waals surface area (Å²) in [6, 6.07) is 6.59. The van der Waals surface area contributed by atoms with Crippen LogP contribution in [0.1, 0.15) is 26.7 Å². The molecule has 0 bridgehead atoms. The van der Waals surface area contributed by atoms with Crippen LogP contribution in [0.2, 0.25) is 0 Å². The van der Waals surface area contributed by atoms with Crippen LogP contribution in [0.15, 0.2) is 18.2 Å². The van der Waals surface area contributed by atoms with E-state index in [1.807, 2.05) is 18.7 Å². The summed E-state index contributed by atoms with van der Waals surface area (Å²) in [6.07, 6.45) is 0.868. The van der Waals surface area contributed by atoms with Crippen LogP contribution in [-0.4, -0.2) is 32.2 Å². The summed E-state index contributed by atoms with van der Waals surface area (Å²) in [5.41, 5.74) is -0.103. The number of hydrogen-bond donors (Lipinski definition) is 1. The number of nitrogens with zero attached hydrogens (tertiary/aromatic N) is 2. The van der Waals surface area contributed by atoms with Gasteiger partial charge in [-0.15, -0.1) is 0 Å². The molecule has 0 unspecified atom stereocenters. The molecule has 0 spiro atoms. The zero-order valence-corrected chi connectivity index (χ0v) is 13.6. The number of anilines is 2. The Bertz CT molecular complexity index is 602. The first-order valence-corrected chi connectivity index (χ1v) is 7.91. The van der Waals surface area contributed by atoms with Crippen molar-refractivity contribution in [2.75, 3.05) is 36.5 Å². The van der Waals surface area contributed by atoms with Crippen molar-refractivity contribution in [3.05, 3.63) is 24.0 Å². The molecular formula is C17H22FN3O2. The first-order chi connectivity index (χ1) is 11.1. The lowest BCUT2D eigenvalue weighted by Crippen LogP contribution is -2.37. The highest BCUT2D eigenvalue weighted by atomic mass is 19.1. The Balaban J connectivity index is 2.21. The highest BCUT2D eigenvalue weighted by molar-refractivity contribution is 5.97. The summed E-state index contributed by atoms with van der Waals surface area (Å²) >= 11 is 0. The summed E-state index contributed by atoms with van der Waals surface area (Å²) in [4.78, 5) is 14.3. The quantitative estimate of drug-likeness (QED) is 0.906. The molecule has 1 amide bonds. The molecule has 1 saturated heterocycles. The molecule has 2 rings (SSSR count). The molecule has 124 valence electrons. The van der Waals surface area contributed by atoms with Crippen LogP contribution in [0.3, 0.4) is 0 Å². The molecule has 0 atom stereocenters. The maximum atomic E-state index is 14.1. The molecule has 0 saturated carbocycles. The first kappa shape index (κ1) is 17.2. The lowest BCUT2D eigenvalue weighted by Gasteiger charge is -2.29. The minimum Gasteiger partial charge on any atom is -0.378 e. The van der Waals surface area contributed by atoms with Crippen LogP contribution in [0.4, 0.5) is 15.8 Å². The number of ether oxygens (including phenoxy) is 1. The lowest BCUT2D eigenvalue weighted by atomic mass is 9.83. The zero-order chi connectivity index (χ0) is 16.9. The second-order valence-corrected chi connectivity index (χ2v) is 5.62. The van der Waals surface area contributed by atoms with Crippen molar-refractivity contribution < 1.29 is 13.9 Å². The largest absolute Gasteiger partial charge is 0.378 e. The molecule has 1 N–H and O–H groups in total. The molecule has 6 heteroatoms. The average molecular weight is 319 g/mol. The Kier molecular flexibility index (Phi) is 5.56. The summed E-state index contributed by atoms with van der Waals surface area (Å²) in [6.45, 7) is 5.96. The summed E-state index contributed by atoms with van der Waals surface area (Å²) in [5.74, 6) is -0.674. The molecule has 1 aromatic rings. The van der Waals surface area contributed by atoms with Crippen molar-refractivity contribution in [1.29, 1.82) is 5.26 Å². The van der Waals surface area contributed by atoms with Crippen molar-refractivity contribution in [3.8, 4) is 6.07 Å². The van der Waals surface area contributed by atoms with Crippen LogP contribution >= 0.6 is 0 Å². The number of halogens is 1. The van der Waals surface area contributed by atoms with Gasteiger partial charge in [0.05, 0.1) is 25.0 Å². The fraction of sp³-hybridized carbons (Fsp3) is 0.529. The molecule has 1 aliphatic heterocycles.